The van der Waals surface area contributed by atoms with Crippen LogP contribution in [0.4, 0.5) is 0 Å². The van der Waals surface area contributed by atoms with Crippen molar-refractivity contribution in [3.05, 3.63) is 18.7 Å². The van der Waals surface area contributed by atoms with E-state index < -0.39 is 0 Å². The molecule has 0 saturated heterocycles. The van der Waals surface area contributed by atoms with E-state index in [1.807, 2.05) is 18.7 Å². The Morgan fingerprint density at radius 1 is 1.58 bits per heavy atom. The lowest BCUT2D eigenvalue weighted by Crippen LogP contribution is -2.10. The summed E-state index contributed by atoms with van der Waals surface area (Å²) in [5, 5.41) is 0. The van der Waals surface area contributed by atoms with Crippen molar-refractivity contribution < 1.29 is 0 Å². The molecule has 1 rings (SSSR count). The van der Waals surface area contributed by atoms with Gasteiger partial charge in [0.2, 0.25) is 0 Å². The Labute approximate surface area is 79.4 Å². The fraction of sp³-hybridized carbons (Fsp3) is 0.667. The van der Waals surface area contributed by atoms with Crippen LogP contribution in [0.3, 0.4) is 0 Å². The molecule has 12 heavy (non-hydrogen) atoms. The molecule has 1 heterocycles. The smallest absolute Gasteiger partial charge is 0.0946 e. The average molecular weight is 184 g/mol. The topological polar surface area (TPSA) is 17.8 Å². The highest BCUT2D eigenvalue weighted by atomic mass is 32.1. The zero-order valence-electron chi connectivity index (χ0n) is 7.48. The quantitative estimate of drug-likeness (QED) is 0.695. The molecule has 0 aliphatic heterocycles. The van der Waals surface area contributed by atoms with Crippen LogP contribution < -0.4 is 0 Å². The van der Waals surface area contributed by atoms with Gasteiger partial charge in [0.1, 0.15) is 0 Å². The van der Waals surface area contributed by atoms with Gasteiger partial charge in [0.25, 0.3) is 0 Å². The number of aromatic nitrogens is 2. The Morgan fingerprint density at radius 2 is 2.42 bits per heavy atom. The van der Waals surface area contributed by atoms with E-state index in [1.165, 1.54) is 12.8 Å². The highest BCUT2D eigenvalue weighted by Gasteiger charge is 2.05. The van der Waals surface area contributed by atoms with Crippen LogP contribution in [0.25, 0.3) is 0 Å². The molecule has 0 saturated carbocycles. The molecule has 3 heteroatoms. The molecular weight excluding hydrogens is 168 g/mol. The Hall–Kier alpha value is -0.440. The summed E-state index contributed by atoms with van der Waals surface area (Å²) < 4.78 is 2.12. The third kappa shape index (κ3) is 2.89. The molecule has 1 aromatic rings. The maximum atomic E-state index is 4.33. The van der Waals surface area contributed by atoms with Crippen LogP contribution in [0.2, 0.25) is 0 Å². The average Bonchev–Trinajstić information content (AvgIpc) is 2.56. The predicted octanol–water partition coefficient (Wildman–Crippen LogP) is 2.23. The van der Waals surface area contributed by atoms with E-state index in [9.17, 15) is 0 Å². The molecule has 0 aliphatic rings. The molecular formula is C9H16N2S. The van der Waals surface area contributed by atoms with E-state index in [4.69, 9.17) is 0 Å². The van der Waals surface area contributed by atoms with Gasteiger partial charge in [0.15, 0.2) is 0 Å². The number of hydrogen-bond donors (Lipinski definition) is 1. The van der Waals surface area contributed by atoms with Crippen molar-refractivity contribution in [1.82, 2.24) is 9.55 Å². The summed E-state index contributed by atoms with van der Waals surface area (Å²) in [7, 11) is 0. The molecule has 1 unspecified atom stereocenters. The maximum Gasteiger partial charge on any atom is 0.0946 e. The lowest BCUT2D eigenvalue weighted by atomic mass is 10.1. The first kappa shape index (κ1) is 9.65. The molecule has 0 bridgehead atoms. The van der Waals surface area contributed by atoms with E-state index in [-0.39, 0.29) is 0 Å². The second kappa shape index (κ2) is 5.25. The minimum Gasteiger partial charge on any atom is -0.337 e. The normalized spacial score (nSPS) is 13.2. The van der Waals surface area contributed by atoms with Gasteiger partial charge in [-0.05, 0) is 18.1 Å². The molecule has 0 amide bonds. The number of hydrogen-bond acceptors (Lipinski definition) is 2. The zero-order valence-corrected chi connectivity index (χ0v) is 8.37. The van der Waals surface area contributed by atoms with Gasteiger partial charge >= 0.3 is 0 Å². The standard InChI is InChI=1S/C9H16N2S/c1-2-3-9(7-12)6-11-5-4-10-8-11/h4-5,8-9,12H,2-3,6-7H2,1H3. The van der Waals surface area contributed by atoms with Crippen molar-refractivity contribution in [3.8, 4) is 0 Å². The molecule has 0 spiro atoms. The van der Waals surface area contributed by atoms with Crippen LogP contribution in [-0.2, 0) is 6.54 Å². The molecule has 68 valence electrons. The summed E-state index contributed by atoms with van der Waals surface area (Å²) in [5.41, 5.74) is 0. The largest absolute Gasteiger partial charge is 0.337 e. The van der Waals surface area contributed by atoms with E-state index >= 15 is 0 Å². The van der Waals surface area contributed by atoms with Crippen LogP contribution in [0.15, 0.2) is 18.7 Å². The van der Waals surface area contributed by atoms with Crippen LogP contribution in [0, 0.1) is 5.92 Å². The summed E-state index contributed by atoms with van der Waals surface area (Å²) in [5.74, 6) is 1.65. The number of rotatable bonds is 5. The van der Waals surface area contributed by atoms with Crippen molar-refractivity contribution in [2.45, 2.75) is 26.3 Å². The van der Waals surface area contributed by atoms with Gasteiger partial charge in [-0.3, -0.25) is 0 Å². The number of imidazole rings is 1. The lowest BCUT2D eigenvalue weighted by molar-refractivity contribution is 0.453. The van der Waals surface area contributed by atoms with Crippen molar-refractivity contribution in [2.24, 2.45) is 5.92 Å². The summed E-state index contributed by atoms with van der Waals surface area (Å²) in [4.78, 5) is 4.01. The molecule has 0 N–H and O–H groups in total. The van der Waals surface area contributed by atoms with Crippen molar-refractivity contribution in [3.63, 3.8) is 0 Å². The summed E-state index contributed by atoms with van der Waals surface area (Å²) in [6, 6.07) is 0. The van der Waals surface area contributed by atoms with E-state index in [0.29, 0.717) is 5.92 Å². The zero-order chi connectivity index (χ0) is 8.81. The van der Waals surface area contributed by atoms with Gasteiger partial charge in [-0.1, -0.05) is 13.3 Å². The Bertz CT molecular complexity index is 196. The van der Waals surface area contributed by atoms with E-state index in [0.717, 1.165) is 12.3 Å². The summed E-state index contributed by atoms with van der Waals surface area (Å²) in [6.45, 7) is 3.27. The summed E-state index contributed by atoms with van der Waals surface area (Å²) in [6.07, 6.45) is 8.18. The molecule has 1 aromatic heterocycles. The predicted molar refractivity (Wildman–Crippen MR) is 54.5 cm³/mol. The van der Waals surface area contributed by atoms with Gasteiger partial charge in [-0.2, -0.15) is 12.6 Å². The molecule has 0 radical (unpaired) electrons. The van der Waals surface area contributed by atoms with Gasteiger partial charge in [-0.25, -0.2) is 4.98 Å². The van der Waals surface area contributed by atoms with Gasteiger partial charge < -0.3 is 4.57 Å². The fourth-order valence-corrected chi connectivity index (χ4v) is 1.64. The second-order valence-electron chi connectivity index (χ2n) is 3.10. The molecule has 0 aliphatic carbocycles. The summed E-state index contributed by atoms with van der Waals surface area (Å²) >= 11 is 4.33. The molecule has 0 aromatic carbocycles. The fourth-order valence-electron chi connectivity index (χ4n) is 1.34. The highest BCUT2D eigenvalue weighted by molar-refractivity contribution is 7.80. The molecule has 2 nitrogen and oxygen atoms in total. The first-order chi connectivity index (χ1) is 5.86. The van der Waals surface area contributed by atoms with Crippen molar-refractivity contribution in [1.29, 1.82) is 0 Å². The molecule has 0 fully saturated rings. The van der Waals surface area contributed by atoms with Crippen LogP contribution in [-0.4, -0.2) is 15.3 Å². The van der Waals surface area contributed by atoms with E-state index in [1.54, 1.807) is 0 Å². The van der Waals surface area contributed by atoms with Crippen LogP contribution in [0.5, 0.6) is 0 Å². The maximum absolute atomic E-state index is 4.33. The van der Waals surface area contributed by atoms with Crippen molar-refractivity contribution >= 4 is 12.6 Å². The van der Waals surface area contributed by atoms with Crippen LogP contribution >= 0.6 is 12.6 Å². The number of thiol groups is 1. The minimum absolute atomic E-state index is 0.688. The lowest BCUT2D eigenvalue weighted by Gasteiger charge is -2.13. The first-order valence-electron chi connectivity index (χ1n) is 4.43. The third-order valence-electron chi connectivity index (χ3n) is 1.98. The Morgan fingerprint density at radius 3 is 2.92 bits per heavy atom. The second-order valence-corrected chi connectivity index (χ2v) is 3.46. The SMILES string of the molecule is CCCC(CS)Cn1ccnc1. The monoisotopic (exact) mass is 184 g/mol. The molecule has 1 atom stereocenters. The van der Waals surface area contributed by atoms with Crippen LogP contribution in [0.1, 0.15) is 19.8 Å². The first-order valence-corrected chi connectivity index (χ1v) is 5.06. The van der Waals surface area contributed by atoms with Gasteiger partial charge in [-0.15, -0.1) is 0 Å². The van der Waals surface area contributed by atoms with E-state index in [2.05, 4.69) is 29.1 Å². The van der Waals surface area contributed by atoms with Crippen molar-refractivity contribution in [2.75, 3.05) is 5.75 Å². The Balaban J connectivity index is 2.37. The highest BCUT2D eigenvalue weighted by Crippen LogP contribution is 2.10. The van der Waals surface area contributed by atoms with Gasteiger partial charge in [0.05, 0.1) is 6.33 Å². The minimum atomic E-state index is 0.688. The Kier molecular flexibility index (Phi) is 4.22. The third-order valence-corrected chi connectivity index (χ3v) is 2.50. The number of nitrogens with zero attached hydrogens (tertiary/aromatic N) is 2. The van der Waals surface area contributed by atoms with Gasteiger partial charge in [0, 0.05) is 18.9 Å².